The van der Waals surface area contributed by atoms with Crippen molar-refractivity contribution in [1.82, 2.24) is 4.98 Å². The number of aromatic nitrogens is 1. The van der Waals surface area contributed by atoms with Gasteiger partial charge in [0.05, 0.1) is 11.6 Å². The van der Waals surface area contributed by atoms with Crippen LogP contribution in [0.1, 0.15) is 5.56 Å². The van der Waals surface area contributed by atoms with Gasteiger partial charge in [-0.25, -0.2) is 0 Å². The second-order valence-corrected chi connectivity index (χ2v) is 3.89. The van der Waals surface area contributed by atoms with Crippen LogP contribution in [0.15, 0.2) is 29.6 Å². The molecule has 0 aliphatic rings. The van der Waals surface area contributed by atoms with Crippen molar-refractivity contribution >= 4 is 22.9 Å². The normalized spacial score (nSPS) is 9.60. The second-order valence-electron chi connectivity index (χ2n) is 2.68. The van der Waals surface area contributed by atoms with Gasteiger partial charge in [-0.2, -0.15) is 10.2 Å². The number of nitriles is 1. The van der Waals surface area contributed by atoms with Gasteiger partial charge >= 0.3 is 0 Å². The fraction of sp³-hybridized carbons (Fsp3) is 0. The van der Waals surface area contributed by atoms with Gasteiger partial charge in [-0.15, -0.1) is 0 Å². The van der Waals surface area contributed by atoms with E-state index in [-0.39, 0.29) is 0 Å². The number of halogens is 1. The lowest BCUT2D eigenvalue weighted by molar-refractivity contribution is 0.479. The molecule has 0 amide bonds. The first-order chi connectivity index (χ1) is 7.28. The van der Waals surface area contributed by atoms with Crippen molar-refractivity contribution in [2.75, 3.05) is 0 Å². The highest BCUT2D eigenvalue weighted by Gasteiger charge is 2.02. The summed E-state index contributed by atoms with van der Waals surface area (Å²) in [6, 6.07) is 8.91. The number of hydrogen-bond acceptors (Lipinski definition) is 4. The Morgan fingerprint density at radius 1 is 1.47 bits per heavy atom. The van der Waals surface area contributed by atoms with Gasteiger partial charge in [-0.1, -0.05) is 29.0 Å². The smallest absolute Gasteiger partial charge is 0.280 e. The van der Waals surface area contributed by atoms with E-state index in [1.165, 1.54) is 11.3 Å². The SMILES string of the molecule is N#Cc1cccc(Oc2nc(Cl)cs2)c1. The zero-order chi connectivity index (χ0) is 10.7. The molecule has 0 radical (unpaired) electrons. The average Bonchev–Trinajstić information content (AvgIpc) is 2.64. The molecule has 74 valence electrons. The van der Waals surface area contributed by atoms with E-state index in [0.29, 0.717) is 21.7 Å². The van der Waals surface area contributed by atoms with E-state index in [4.69, 9.17) is 21.6 Å². The van der Waals surface area contributed by atoms with E-state index in [2.05, 4.69) is 4.98 Å². The van der Waals surface area contributed by atoms with E-state index < -0.39 is 0 Å². The van der Waals surface area contributed by atoms with Gasteiger partial charge in [-0.3, -0.25) is 0 Å². The van der Waals surface area contributed by atoms with Crippen LogP contribution in [0.5, 0.6) is 10.9 Å². The summed E-state index contributed by atoms with van der Waals surface area (Å²) >= 11 is 6.96. The number of rotatable bonds is 2. The van der Waals surface area contributed by atoms with Gasteiger partial charge in [0.2, 0.25) is 0 Å². The summed E-state index contributed by atoms with van der Waals surface area (Å²) in [5.74, 6) is 0.583. The Morgan fingerprint density at radius 2 is 2.33 bits per heavy atom. The highest BCUT2D eigenvalue weighted by molar-refractivity contribution is 7.11. The van der Waals surface area contributed by atoms with Crippen LogP contribution in [0.3, 0.4) is 0 Å². The Balaban J connectivity index is 2.21. The van der Waals surface area contributed by atoms with Crippen LogP contribution in [0.4, 0.5) is 0 Å². The van der Waals surface area contributed by atoms with Gasteiger partial charge in [0.25, 0.3) is 5.19 Å². The van der Waals surface area contributed by atoms with Crippen LogP contribution in [0.2, 0.25) is 5.15 Å². The van der Waals surface area contributed by atoms with Crippen LogP contribution < -0.4 is 4.74 Å². The number of nitrogens with zero attached hydrogens (tertiary/aromatic N) is 2. The molecule has 0 N–H and O–H groups in total. The average molecular weight is 237 g/mol. The van der Waals surface area contributed by atoms with Crippen molar-refractivity contribution in [3.8, 4) is 17.0 Å². The molecule has 5 heteroatoms. The number of hydrogen-bond donors (Lipinski definition) is 0. The maximum absolute atomic E-state index is 8.69. The van der Waals surface area contributed by atoms with Crippen molar-refractivity contribution in [2.24, 2.45) is 0 Å². The summed E-state index contributed by atoms with van der Waals surface area (Å²) in [7, 11) is 0. The van der Waals surface area contributed by atoms with Crippen LogP contribution in [0, 0.1) is 11.3 Å². The van der Waals surface area contributed by atoms with Crippen molar-refractivity contribution in [3.05, 3.63) is 40.4 Å². The summed E-state index contributed by atoms with van der Waals surface area (Å²) in [4.78, 5) is 3.94. The van der Waals surface area contributed by atoms with Crippen molar-refractivity contribution in [3.63, 3.8) is 0 Å². The third-order valence-electron chi connectivity index (χ3n) is 1.62. The first-order valence-corrected chi connectivity index (χ1v) is 5.33. The Hall–Kier alpha value is -1.57. The third-order valence-corrected chi connectivity index (χ3v) is 2.66. The lowest BCUT2D eigenvalue weighted by Crippen LogP contribution is -1.83. The molecule has 0 bridgehead atoms. The molecule has 0 atom stereocenters. The molecule has 2 aromatic rings. The topological polar surface area (TPSA) is 45.9 Å². The lowest BCUT2D eigenvalue weighted by Gasteiger charge is -2.00. The predicted molar refractivity (Wildman–Crippen MR) is 58.4 cm³/mol. The van der Waals surface area contributed by atoms with Crippen LogP contribution >= 0.6 is 22.9 Å². The number of ether oxygens (including phenoxy) is 1. The first-order valence-electron chi connectivity index (χ1n) is 4.07. The summed E-state index contributed by atoms with van der Waals surface area (Å²) in [6.45, 7) is 0. The molecule has 0 saturated heterocycles. The molecule has 2 rings (SSSR count). The molecule has 1 aromatic carbocycles. The highest BCUT2D eigenvalue weighted by Crippen LogP contribution is 2.27. The molecular weight excluding hydrogens is 232 g/mol. The number of thiazole rings is 1. The molecule has 0 spiro atoms. The zero-order valence-electron chi connectivity index (χ0n) is 7.48. The predicted octanol–water partition coefficient (Wildman–Crippen LogP) is 3.46. The molecule has 0 unspecified atom stereocenters. The van der Waals surface area contributed by atoms with Gasteiger partial charge in [0.15, 0.2) is 0 Å². The summed E-state index contributed by atoms with van der Waals surface area (Å²) < 4.78 is 5.41. The van der Waals surface area contributed by atoms with Crippen molar-refractivity contribution < 1.29 is 4.74 Å². The van der Waals surface area contributed by atoms with E-state index in [1.807, 2.05) is 6.07 Å². The van der Waals surface area contributed by atoms with Crippen molar-refractivity contribution in [2.45, 2.75) is 0 Å². The standard InChI is InChI=1S/C10H5ClN2OS/c11-9-6-15-10(13-9)14-8-3-1-2-7(4-8)5-12/h1-4,6H. The molecule has 15 heavy (non-hydrogen) atoms. The molecule has 0 saturated carbocycles. The van der Waals surface area contributed by atoms with Gasteiger partial charge in [-0.05, 0) is 18.2 Å². The summed E-state index contributed by atoms with van der Waals surface area (Å²) in [5, 5.41) is 11.3. The van der Waals surface area contributed by atoms with E-state index in [0.717, 1.165) is 0 Å². The zero-order valence-corrected chi connectivity index (χ0v) is 9.05. The van der Waals surface area contributed by atoms with Crippen LogP contribution in [0.25, 0.3) is 0 Å². The largest absolute Gasteiger partial charge is 0.431 e. The second kappa shape index (κ2) is 4.30. The third kappa shape index (κ3) is 2.46. The van der Waals surface area contributed by atoms with E-state index in [1.54, 1.807) is 29.6 Å². The molecule has 3 nitrogen and oxygen atoms in total. The van der Waals surface area contributed by atoms with Crippen LogP contribution in [-0.4, -0.2) is 4.98 Å². The molecule has 0 fully saturated rings. The lowest BCUT2D eigenvalue weighted by atomic mass is 10.2. The number of benzene rings is 1. The maximum atomic E-state index is 8.69. The Kier molecular flexibility index (Phi) is 2.86. The fourth-order valence-electron chi connectivity index (χ4n) is 1.02. The first kappa shape index (κ1) is 9.97. The van der Waals surface area contributed by atoms with E-state index in [9.17, 15) is 0 Å². The molecule has 0 aliphatic carbocycles. The Bertz CT molecular complexity index is 518. The summed E-state index contributed by atoms with van der Waals surface area (Å²) in [5.41, 5.74) is 0.551. The Labute approximate surface area is 95.5 Å². The molecule has 1 aromatic heterocycles. The quantitative estimate of drug-likeness (QED) is 0.802. The Morgan fingerprint density at radius 3 is 3.00 bits per heavy atom. The minimum atomic E-state index is 0.409. The minimum absolute atomic E-state index is 0.409. The van der Waals surface area contributed by atoms with Crippen molar-refractivity contribution in [1.29, 1.82) is 5.26 Å². The van der Waals surface area contributed by atoms with Crippen LogP contribution in [-0.2, 0) is 0 Å². The minimum Gasteiger partial charge on any atom is -0.431 e. The summed E-state index contributed by atoms with van der Waals surface area (Å²) in [6.07, 6.45) is 0. The van der Waals surface area contributed by atoms with Gasteiger partial charge < -0.3 is 4.74 Å². The molecular formula is C10H5ClN2OS. The molecule has 1 heterocycles. The monoisotopic (exact) mass is 236 g/mol. The fourth-order valence-corrected chi connectivity index (χ4v) is 1.82. The van der Waals surface area contributed by atoms with Gasteiger partial charge in [0, 0.05) is 5.38 Å². The van der Waals surface area contributed by atoms with E-state index >= 15 is 0 Å². The highest BCUT2D eigenvalue weighted by atomic mass is 35.5. The molecule has 0 aliphatic heterocycles. The van der Waals surface area contributed by atoms with Gasteiger partial charge in [0.1, 0.15) is 10.9 Å². The maximum Gasteiger partial charge on any atom is 0.280 e.